The number of rotatable bonds is 1. The molecule has 4 nitrogen and oxygen atoms in total. The molecule has 0 spiro atoms. The van der Waals surface area contributed by atoms with E-state index in [9.17, 15) is 0 Å². The second-order valence-electron chi connectivity index (χ2n) is 6.20. The first kappa shape index (κ1) is 14.2. The Morgan fingerprint density at radius 3 is 2.80 bits per heavy atom. The van der Waals surface area contributed by atoms with Crippen LogP contribution in [-0.4, -0.2) is 53.5 Å². The van der Waals surface area contributed by atoms with Gasteiger partial charge in [-0.2, -0.15) is 0 Å². The summed E-state index contributed by atoms with van der Waals surface area (Å²) >= 11 is 5.56. The Morgan fingerprint density at radius 1 is 1.15 bits per heavy atom. The van der Waals surface area contributed by atoms with E-state index < -0.39 is 0 Å². The van der Waals surface area contributed by atoms with Crippen molar-refractivity contribution >= 4 is 12.2 Å². The third kappa shape index (κ3) is 2.80. The summed E-state index contributed by atoms with van der Waals surface area (Å²) in [5.74, 6) is 1.06. The number of aromatic nitrogens is 2. The summed E-state index contributed by atoms with van der Waals surface area (Å²) in [5.41, 5.74) is 2.65. The lowest BCUT2D eigenvalue weighted by Crippen LogP contribution is -2.45. The van der Waals surface area contributed by atoms with Crippen molar-refractivity contribution in [3.63, 3.8) is 0 Å². The van der Waals surface area contributed by atoms with Crippen molar-refractivity contribution in [2.75, 3.05) is 33.7 Å². The molecule has 1 aromatic rings. The first-order chi connectivity index (χ1) is 9.65. The zero-order valence-corrected chi connectivity index (χ0v) is 13.3. The lowest BCUT2D eigenvalue weighted by atomic mass is 10.1. The maximum Gasteiger partial charge on any atom is 0.133 e. The van der Waals surface area contributed by atoms with Crippen LogP contribution in [0.3, 0.4) is 0 Å². The molecule has 0 radical (unpaired) electrons. The predicted octanol–water partition coefficient (Wildman–Crippen LogP) is 2.33. The second kappa shape index (κ2) is 5.92. The average molecular weight is 292 g/mol. The summed E-state index contributed by atoms with van der Waals surface area (Å²) in [6, 6.07) is 0.337. The number of H-pyrrole nitrogens is 1. The highest BCUT2D eigenvalue weighted by Gasteiger charge is 2.26. The first-order valence-corrected chi connectivity index (χ1v) is 8.06. The standard InChI is InChI=1S/C15H24N4S/c1-18-8-9-19(2)13(10-18)14-16-12-7-5-3-4-6-11(12)15(20)17-14/h13H,3-10H2,1-2H3,(H,16,17,20). The van der Waals surface area contributed by atoms with Crippen molar-refractivity contribution in [1.82, 2.24) is 19.8 Å². The Labute approximate surface area is 126 Å². The molecule has 20 heavy (non-hydrogen) atoms. The lowest BCUT2D eigenvalue weighted by Gasteiger charge is -2.37. The number of nitrogens with zero attached hydrogens (tertiary/aromatic N) is 3. The van der Waals surface area contributed by atoms with Crippen LogP contribution in [0.15, 0.2) is 0 Å². The predicted molar refractivity (Wildman–Crippen MR) is 83.5 cm³/mol. The van der Waals surface area contributed by atoms with Gasteiger partial charge in [0.05, 0.1) is 6.04 Å². The van der Waals surface area contributed by atoms with Gasteiger partial charge in [-0.3, -0.25) is 4.90 Å². The van der Waals surface area contributed by atoms with E-state index in [0.29, 0.717) is 6.04 Å². The van der Waals surface area contributed by atoms with Crippen LogP contribution >= 0.6 is 12.2 Å². The molecule has 1 saturated heterocycles. The van der Waals surface area contributed by atoms with Crippen LogP contribution in [0.2, 0.25) is 0 Å². The van der Waals surface area contributed by atoms with E-state index >= 15 is 0 Å². The molecule has 5 heteroatoms. The Bertz CT molecular complexity index is 539. The molecule has 3 rings (SSSR count). The smallest absolute Gasteiger partial charge is 0.133 e. The van der Waals surface area contributed by atoms with Crippen molar-refractivity contribution in [2.45, 2.75) is 38.1 Å². The Kier molecular flexibility index (Phi) is 4.19. The van der Waals surface area contributed by atoms with Crippen LogP contribution in [0.4, 0.5) is 0 Å². The molecule has 1 unspecified atom stereocenters. The number of aryl methyl sites for hydroxylation is 1. The molecule has 1 aliphatic carbocycles. The summed E-state index contributed by atoms with van der Waals surface area (Å²) < 4.78 is 0.831. The second-order valence-corrected chi connectivity index (χ2v) is 6.59. The largest absolute Gasteiger partial charge is 0.345 e. The van der Waals surface area contributed by atoms with Gasteiger partial charge in [0.2, 0.25) is 0 Å². The minimum atomic E-state index is 0.337. The van der Waals surface area contributed by atoms with Crippen LogP contribution in [0.25, 0.3) is 0 Å². The zero-order valence-electron chi connectivity index (χ0n) is 12.5. The molecule has 110 valence electrons. The average Bonchev–Trinajstić information content (AvgIpc) is 2.67. The Hall–Kier alpha value is -0.780. The van der Waals surface area contributed by atoms with E-state index in [1.165, 1.54) is 30.5 Å². The molecular formula is C15H24N4S. The molecule has 1 fully saturated rings. The van der Waals surface area contributed by atoms with Crippen LogP contribution < -0.4 is 0 Å². The third-order valence-electron chi connectivity index (χ3n) is 4.64. The minimum absolute atomic E-state index is 0.337. The topological polar surface area (TPSA) is 35.2 Å². The van der Waals surface area contributed by atoms with Gasteiger partial charge in [0.15, 0.2) is 0 Å². The summed E-state index contributed by atoms with van der Waals surface area (Å²) in [7, 11) is 4.36. The fraction of sp³-hybridized carbons (Fsp3) is 0.733. The number of piperazine rings is 1. The van der Waals surface area contributed by atoms with Gasteiger partial charge in [-0.25, -0.2) is 4.98 Å². The van der Waals surface area contributed by atoms with E-state index in [4.69, 9.17) is 17.2 Å². The van der Waals surface area contributed by atoms with Crippen LogP contribution in [0.1, 0.15) is 42.4 Å². The number of aromatic amines is 1. The molecule has 2 aliphatic rings. The monoisotopic (exact) mass is 292 g/mol. The van der Waals surface area contributed by atoms with Gasteiger partial charge in [0.1, 0.15) is 10.5 Å². The minimum Gasteiger partial charge on any atom is -0.345 e. The van der Waals surface area contributed by atoms with Crippen LogP contribution in [0.5, 0.6) is 0 Å². The maximum absolute atomic E-state index is 5.56. The number of likely N-dealkylation sites (N-methyl/N-ethyl adjacent to an activating group) is 2. The molecule has 1 aliphatic heterocycles. The maximum atomic E-state index is 5.56. The van der Waals surface area contributed by atoms with Gasteiger partial charge in [0.25, 0.3) is 0 Å². The summed E-state index contributed by atoms with van der Waals surface area (Å²) in [4.78, 5) is 13.1. The van der Waals surface area contributed by atoms with Gasteiger partial charge in [-0.1, -0.05) is 18.6 Å². The molecule has 2 heterocycles. The van der Waals surface area contributed by atoms with E-state index in [1.54, 1.807) is 0 Å². The van der Waals surface area contributed by atoms with E-state index in [2.05, 4.69) is 28.9 Å². The quantitative estimate of drug-likeness (QED) is 0.636. The van der Waals surface area contributed by atoms with E-state index in [1.807, 2.05) is 0 Å². The molecule has 1 aromatic heterocycles. The first-order valence-electron chi connectivity index (χ1n) is 7.66. The van der Waals surface area contributed by atoms with E-state index in [-0.39, 0.29) is 0 Å². The molecule has 1 N–H and O–H groups in total. The van der Waals surface area contributed by atoms with E-state index in [0.717, 1.165) is 42.9 Å². The molecule has 0 aromatic carbocycles. The molecular weight excluding hydrogens is 268 g/mol. The summed E-state index contributed by atoms with van der Waals surface area (Å²) in [5, 5.41) is 0. The van der Waals surface area contributed by atoms with Crippen molar-refractivity contribution in [3.05, 3.63) is 21.7 Å². The van der Waals surface area contributed by atoms with Gasteiger partial charge >= 0.3 is 0 Å². The van der Waals surface area contributed by atoms with Crippen molar-refractivity contribution in [1.29, 1.82) is 0 Å². The van der Waals surface area contributed by atoms with Gasteiger partial charge < -0.3 is 9.88 Å². The summed E-state index contributed by atoms with van der Waals surface area (Å²) in [6.45, 7) is 3.23. The highest BCUT2D eigenvalue weighted by atomic mass is 32.1. The Balaban J connectivity index is 1.96. The van der Waals surface area contributed by atoms with Crippen molar-refractivity contribution in [2.24, 2.45) is 0 Å². The number of hydrogen-bond acceptors (Lipinski definition) is 4. The van der Waals surface area contributed by atoms with Crippen LogP contribution in [-0.2, 0) is 12.8 Å². The molecule has 0 saturated carbocycles. The van der Waals surface area contributed by atoms with Gasteiger partial charge in [0, 0.05) is 30.9 Å². The van der Waals surface area contributed by atoms with Gasteiger partial charge in [-0.15, -0.1) is 0 Å². The lowest BCUT2D eigenvalue weighted by molar-refractivity contribution is 0.109. The van der Waals surface area contributed by atoms with Crippen LogP contribution in [0, 0.1) is 4.64 Å². The highest BCUT2D eigenvalue weighted by molar-refractivity contribution is 7.71. The number of nitrogens with one attached hydrogen (secondary N) is 1. The third-order valence-corrected chi connectivity index (χ3v) is 4.98. The fourth-order valence-corrected chi connectivity index (χ4v) is 3.60. The van der Waals surface area contributed by atoms with Crippen molar-refractivity contribution in [3.8, 4) is 0 Å². The number of hydrogen-bond donors (Lipinski definition) is 1. The Morgan fingerprint density at radius 2 is 1.95 bits per heavy atom. The normalized spacial score (nSPS) is 25.2. The van der Waals surface area contributed by atoms with Crippen molar-refractivity contribution < 1.29 is 0 Å². The zero-order chi connectivity index (χ0) is 14.1. The summed E-state index contributed by atoms with van der Waals surface area (Å²) in [6.07, 6.45) is 6.04. The molecule has 1 atom stereocenters. The van der Waals surface area contributed by atoms with Gasteiger partial charge in [-0.05, 0) is 39.8 Å². The molecule has 0 bridgehead atoms. The fourth-order valence-electron chi connectivity index (χ4n) is 3.28. The number of fused-ring (bicyclic) bond motifs is 1. The SMILES string of the molecule is CN1CCN(C)C(c2nc(=S)c3c([nH]2)CCCCC3)C1. The highest BCUT2D eigenvalue weighted by Crippen LogP contribution is 2.24. The molecule has 0 amide bonds.